The molecule has 84 valence electrons. The third-order valence-corrected chi connectivity index (χ3v) is 2.27. The van der Waals surface area contributed by atoms with E-state index in [9.17, 15) is 9.90 Å². The van der Waals surface area contributed by atoms with E-state index in [2.05, 4.69) is 0 Å². The fraction of sp³-hybridized carbons (Fsp3) is 0.625. The zero-order valence-electron chi connectivity index (χ0n) is 7.66. The highest BCUT2D eigenvalue weighted by Crippen LogP contribution is 2.20. The van der Waals surface area contributed by atoms with E-state index in [4.69, 9.17) is 46.4 Å². The van der Waals surface area contributed by atoms with E-state index in [1.54, 1.807) is 0 Å². The Balaban J connectivity index is 0. The summed E-state index contributed by atoms with van der Waals surface area (Å²) < 4.78 is -0.198. The summed E-state index contributed by atoms with van der Waals surface area (Å²) in [5, 5.41) is 9.76. The van der Waals surface area contributed by atoms with Crippen LogP contribution in [-0.4, -0.2) is 5.97 Å². The highest BCUT2D eigenvalue weighted by molar-refractivity contribution is 6.67. The number of halogens is 4. The molecule has 0 saturated heterocycles. The number of carbonyl (C=O) groups is 1. The molecule has 0 aromatic heterocycles. The average Bonchev–Trinajstić information content (AvgIpc) is 2.05. The van der Waals surface area contributed by atoms with Gasteiger partial charge >= 0.3 is 0 Å². The van der Waals surface area contributed by atoms with Gasteiger partial charge in [-0.15, -0.1) is 0 Å². The molecular formula is C8H11Cl4O2-. The van der Waals surface area contributed by atoms with Crippen LogP contribution < -0.4 is 5.11 Å². The van der Waals surface area contributed by atoms with E-state index in [1.807, 2.05) is 6.92 Å². The Labute approximate surface area is 104 Å². The Morgan fingerprint density at radius 2 is 1.50 bits per heavy atom. The van der Waals surface area contributed by atoms with Gasteiger partial charge in [0.05, 0.1) is 0 Å². The third kappa shape index (κ3) is 18.2. The molecule has 0 unspecified atom stereocenters. The minimum Gasteiger partial charge on any atom is -0.550 e. The molecule has 0 fully saturated rings. The maximum atomic E-state index is 9.76. The molecule has 0 bridgehead atoms. The number of carbonyl (C=O) groups excluding carboxylic acids is 1. The van der Waals surface area contributed by atoms with Crippen LogP contribution >= 0.6 is 46.4 Å². The van der Waals surface area contributed by atoms with Gasteiger partial charge < -0.3 is 9.90 Å². The lowest BCUT2D eigenvalue weighted by molar-refractivity contribution is -0.305. The zero-order chi connectivity index (χ0) is 11.6. The lowest BCUT2D eigenvalue weighted by Gasteiger charge is -1.97. The van der Waals surface area contributed by atoms with Gasteiger partial charge in [0.15, 0.2) is 0 Å². The predicted molar refractivity (Wildman–Crippen MR) is 59.6 cm³/mol. The van der Waals surface area contributed by atoms with E-state index >= 15 is 0 Å². The molecule has 0 aromatic rings. The Morgan fingerprint density at radius 1 is 1.07 bits per heavy atom. The highest BCUT2D eigenvalue weighted by Gasteiger charge is 1.88. The van der Waals surface area contributed by atoms with E-state index in [1.165, 1.54) is 0 Å². The first kappa shape index (κ1) is 16.8. The Morgan fingerprint density at radius 3 is 1.71 bits per heavy atom. The molecule has 6 heteroatoms. The van der Waals surface area contributed by atoms with Gasteiger partial charge in [-0.25, -0.2) is 0 Å². The fourth-order valence-corrected chi connectivity index (χ4v) is 0.519. The van der Waals surface area contributed by atoms with Gasteiger partial charge in [0.25, 0.3) is 0 Å². The minimum absolute atomic E-state index is 0.0988. The summed E-state index contributed by atoms with van der Waals surface area (Å²) in [6.45, 7) is 2.04. The van der Waals surface area contributed by atoms with Gasteiger partial charge in [0.2, 0.25) is 0 Å². The maximum Gasteiger partial charge on any atom is 0.136 e. The van der Waals surface area contributed by atoms with E-state index < -0.39 is 5.97 Å². The van der Waals surface area contributed by atoms with Crippen LogP contribution in [0.15, 0.2) is 8.98 Å². The largest absolute Gasteiger partial charge is 0.550 e. The molecule has 0 saturated carbocycles. The SMILES string of the molecule is CCCCCC(=O)[O-].ClC(Cl)=C(Cl)Cl. The zero-order valence-corrected chi connectivity index (χ0v) is 10.7. The molecule has 0 amide bonds. The molecule has 0 aromatic carbocycles. The van der Waals surface area contributed by atoms with Crippen molar-refractivity contribution in [2.24, 2.45) is 0 Å². The number of carboxylic acid groups (broad SMARTS) is 1. The molecule has 0 radical (unpaired) electrons. The first-order valence-corrected chi connectivity index (χ1v) is 5.49. The van der Waals surface area contributed by atoms with Crippen molar-refractivity contribution in [1.82, 2.24) is 0 Å². The van der Waals surface area contributed by atoms with Crippen molar-refractivity contribution in [2.45, 2.75) is 32.6 Å². The Kier molecular flexibility index (Phi) is 13.7. The van der Waals surface area contributed by atoms with Crippen molar-refractivity contribution < 1.29 is 9.90 Å². The van der Waals surface area contributed by atoms with Crippen LogP contribution in [-0.2, 0) is 4.79 Å². The summed E-state index contributed by atoms with van der Waals surface area (Å²) in [4.78, 5) is 9.76. The molecule has 0 spiro atoms. The molecule has 0 N–H and O–H groups in total. The maximum absolute atomic E-state index is 9.76. The molecule has 0 heterocycles. The molecule has 2 nitrogen and oxygen atoms in total. The average molecular weight is 281 g/mol. The summed E-state index contributed by atoms with van der Waals surface area (Å²) >= 11 is 20.0. The van der Waals surface area contributed by atoms with Crippen molar-refractivity contribution in [2.75, 3.05) is 0 Å². The number of unbranched alkanes of at least 4 members (excludes halogenated alkanes) is 2. The van der Waals surface area contributed by atoms with Crippen LogP contribution in [0.1, 0.15) is 32.6 Å². The lowest BCUT2D eigenvalue weighted by Crippen LogP contribution is -2.21. The number of aliphatic carboxylic acids is 1. The first-order chi connectivity index (χ1) is 6.41. The fourth-order valence-electron chi connectivity index (χ4n) is 0.519. The van der Waals surface area contributed by atoms with Gasteiger partial charge in [-0.1, -0.05) is 66.2 Å². The quantitative estimate of drug-likeness (QED) is 0.741. The molecule has 0 aliphatic rings. The second kappa shape index (κ2) is 11.4. The van der Waals surface area contributed by atoms with E-state index in [0.29, 0.717) is 0 Å². The number of rotatable bonds is 4. The summed E-state index contributed by atoms with van der Waals surface area (Å²) in [5.41, 5.74) is 0. The van der Waals surface area contributed by atoms with Crippen LogP contribution in [0.5, 0.6) is 0 Å². The normalized spacial score (nSPS) is 8.64. The summed E-state index contributed by atoms with van der Waals surface area (Å²) in [7, 11) is 0. The Bertz CT molecular complexity index is 174. The predicted octanol–water partition coefficient (Wildman–Crippen LogP) is 3.38. The second-order valence-corrected chi connectivity index (χ2v) is 4.25. The molecule has 0 aliphatic carbocycles. The van der Waals surface area contributed by atoms with Crippen LogP contribution in [0, 0.1) is 0 Å². The number of hydrogen-bond acceptors (Lipinski definition) is 2. The second-order valence-electron chi connectivity index (χ2n) is 2.35. The first-order valence-electron chi connectivity index (χ1n) is 3.97. The van der Waals surface area contributed by atoms with Crippen LogP contribution in [0.25, 0.3) is 0 Å². The van der Waals surface area contributed by atoms with Crippen LogP contribution in [0.4, 0.5) is 0 Å². The van der Waals surface area contributed by atoms with Gasteiger partial charge in [0, 0.05) is 5.97 Å². The van der Waals surface area contributed by atoms with E-state index in [-0.39, 0.29) is 15.4 Å². The van der Waals surface area contributed by atoms with Gasteiger partial charge in [-0.05, 0) is 12.8 Å². The van der Waals surface area contributed by atoms with Crippen LogP contribution in [0.3, 0.4) is 0 Å². The summed E-state index contributed by atoms with van der Waals surface area (Å²) in [6.07, 6.45) is 3.04. The number of hydrogen-bond donors (Lipinski definition) is 0. The lowest BCUT2D eigenvalue weighted by atomic mass is 10.2. The van der Waals surface area contributed by atoms with Crippen LogP contribution in [0.2, 0.25) is 0 Å². The van der Waals surface area contributed by atoms with Crippen molar-refractivity contribution in [3.63, 3.8) is 0 Å². The van der Waals surface area contributed by atoms with Gasteiger partial charge in [-0.3, -0.25) is 0 Å². The molecule has 0 rings (SSSR count). The smallest absolute Gasteiger partial charge is 0.136 e. The van der Waals surface area contributed by atoms with Crippen molar-refractivity contribution in [3.8, 4) is 0 Å². The molecule has 0 atom stereocenters. The van der Waals surface area contributed by atoms with Crippen molar-refractivity contribution >= 4 is 52.4 Å². The Hall–Kier alpha value is 0.370. The molecule has 14 heavy (non-hydrogen) atoms. The van der Waals surface area contributed by atoms with Gasteiger partial charge in [0.1, 0.15) is 8.98 Å². The highest BCUT2D eigenvalue weighted by atomic mass is 35.5. The van der Waals surface area contributed by atoms with Crippen molar-refractivity contribution in [3.05, 3.63) is 8.98 Å². The number of carboxylic acids is 1. The van der Waals surface area contributed by atoms with Crippen molar-refractivity contribution in [1.29, 1.82) is 0 Å². The molecular weight excluding hydrogens is 270 g/mol. The summed E-state index contributed by atoms with van der Waals surface area (Å²) in [5.74, 6) is -0.932. The topological polar surface area (TPSA) is 40.1 Å². The monoisotopic (exact) mass is 279 g/mol. The third-order valence-electron chi connectivity index (χ3n) is 1.13. The summed E-state index contributed by atoms with van der Waals surface area (Å²) in [6, 6.07) is 0. The van der Waals surface area contributed by atoms with Gasteiger partial charge in [-0.2, -0.15) is 0 Å². The molecule has 0 aliphatic heterocycles. The minimum atomic E-state index is -0.932. The van der Waals surface area contributed by atoms with E-state index in [0.717, 1.165) is 19.3 Å². The standard InChI is InChI=1S/C6H12O2.C2Cl4/c1-2-3-4-5-6(7)8;3-1(4)2(5)6/h2-5H2,1H3,(H,7,8);/p-1.